The number of benzene rings is 1. The number of hydrogen-bond donors (Lipinski definition) is 0. The molecule has 31 heavy (non-hydrogen) atoms. The third-order valence-electron chi connectivity index (χ3n) is 5.33. The summed E-state index contributed by atoms with van der Waals surface area (Å²) in [6, 6.07) is 10.2. The Balaban J connectivity index is 1.85. The van der Waals surface area contributed by atoms with E-state index in [9.17, 15) is 9.18 Å². The summed E-state index contributed by atoms with van der Waals surface area (Å²) in [4.78, 5) is 18.9. The lowest BCUT2D eigenvalue weighted by Gasteiger charge is -2.42. The van der Waals surface area contributed by atoms with Crippen molar-refractivity contribution in [2.24, 2.45) is 0 Å². The van der Waals surface area contributed by atoms with Gasteiger partial charge in [0, 0.05) is 23.5 Å². The van der Waals surface area contributed by atoms with Gasteiger partial charge in [-0.15, -0.1) is 0 Å². The van der Waals surface area contributed by atoms with Gasteiger partial charge in [0.05, 0.1) is 24.3 Å². The van der Waals surface area contributed by atoms with Crippen molar-refractivity contribution < 1.29 is 13.9 Å². The van der Waals surface area contributed by atoms with Crippen LogP contribution in [0.4, 0.5) is 9.18 Å². The molecule has 3 heterocycles. The zero-order valence-corrected chi connectivity index (χ0v) is 18.5. The molecule has 1 aromatic carbocycles. The van der Waals surface area contributed by atoms with Crippen molar-refractivity contribution in [3.05, 3.63) is 60.3 Å². The molecule has 7 heteroatoms. The van der Waals surface area contributed by atoms with Crippen LogP contribution in [0.5, 0.6) is 0 Å². The maximum atomic E-state index is 13.5. The average Bonchev–Trinajstić information content (AvgIpc) is 3.04. The summed E-state index contributed by atoms with van der Waals surface area (Å²) >= 11 is 0. The van der Waals surface area contributed by atoms with Crippen LogP contribution in [0, 0.1) is 5.82 Å². The zero-order chi connectivity index (χ0) is 22.4. The van der Waals surface area contributed by atoms with Gasteiger partial charge in [-0.1, -0.05) is 0 Å². The highest BCUT2D eigenvalue weighted by molar-refractivity contribution is 5.83. The predicted octanol–water partition coefficient (Wildman–Crippen LogP) is 5.28. The number of carbonyl (C=O) groups excluding carboxylic acids is 1. The monoisotopic (exact) mass is 422 g/mol. The van der Waals surface area contributed by atoms with Crippen LogP contribution in [0.25, 0.3) is 22.4 Å². The first-order valence-electron chi connectivity index (χ1n) is 10.3. The molecule has 3 aromatic rings. The number of ether oxygens (including phenoxy) is 1. The second-order valence-electron chi connectivity index (χ2n) is 9.45. The lowest BCUT2D eigenvalue weighted by atomic mass is 9.95. The molecule has 0 atom stereocenters. The van der Waals surface area contributed by atoms with E-state index in [2.05, 4.69) is 4.98 Å². The second-order valence-corrected chi connectivity index (χ2v) is 9.45. The first-order valence-corrected chi connectivity index (χ1v) is 10.3. The molecule has 0 saturated carbocycles. The minimum Gasteiger partial charge on any atom is -0.444 e. The summed E-state index contributed by atoms with van der Waals surface area (Å²) in [6.07, 6.45) is 3.10. The fourth-order valence-corrected chi connectivity index (χ4v) is 3.86. The van der Waals surface area contributed by atoms with Gasteiger partial charge < -0.3 is 4.74 Å². The predicted molar refractivity (Wildman–Crippen MR) is 117 cm³/mol. The van der Waals surface area contributed by atoms with Crippen LogP contribution in [0.15, 0.2) is 48.8 Å². The molecule has 1 aliphatic heterocycles. The number of aromatic nitrogens is 3. The number of halogens is 1. The lowest BCUT2D eigenvalue weighted by molar-refractivity contribution is -0.0110. The molecule has 0 spiro atoms. The minimum absolute atomic E-state index is 0.296. The SMILES string of the molecule is CC(C)(C)OC(=O)N1Cc2c(-c3ccncc3)c(-c3ccc(F)cc3)nn2CC1(C)C. The number of nitrogens with zero attached hydrogens (tertiary/aromatic N) is 4. The molecule has 0 unspecified atom stereocenters. The molecule has 0 N–H and O–H groups in total. The van der Waals surface area contributed by atoms with Crippen LogP contribution in [0.1, 0.15) is 40.3 Å². The van der Waals surface area contributed by atoms with E-state index in [1.165, 1.54) is 12.1 Å². The molecule has 2 aromatic heterocycles. The summed E-state index contributed by atoms with van der Waals surface area (Å²) in [5.74, 6) is -0.296. The van der Waals surface area contributed by atoms with Crippen LogP contribution < -0.4 is 0 Å². The largest absolute Gasteiger partial charge is 0.444 e. The van der Waals surface area contributed by atoms with E-state index in [4.69, 9.17) is 9.84 Å². The Morgan fingerprint density at radius 2 is 1.71 bits per heavy atom. The van der Waals surface area contributed by atoms with Crippen molar-refractivity contribution in [3.63, 3.8) is 0 Å². The first-order chi connectivity index (χ1) is 14.5. The van der Waals surface area contributed by atoms with Crippen LogP contribution in [0.2, 0.25) is 0 Å². The van der Waals surface area contributed by atoms with Gasteiger partial charge >= 0.3 is 6.09 Å². The van der Waals surface area contributed by atoms with Gasteiger partial charge in [0.15, 0.2) is 0 Å². The summed E-state index contributed by atoms with van der Waals surface area (Å²) in [6.45, 7) is 10.5. The van der Waals surface area contributed by atoms with Gasteiger partial charge in [0.1, 0.15) is 17.1 Å². The van der Waals surface area contributed by atoms with Crippen molar-refractivity contribution in [3.8, 4) is 22.4 Å². The molecule has 4 rings (SSSR count). The minimum atomic E-state index is -0.585. The molecule has 6 nitrogen and oxygen atoms in total. The van der Waals surface area contributed by atoms with Crippen molar-refractivity contribution in [2.75, 3.05) is 0 Å². The van der Waals surface area contributed by atoms with Crippen LogP contribution in [0.3, 0.4) is 0 Å². The first kappa shape index (κ1) is 21.0. The molecule has 0 bridgehead atoms. The van der Waals surface area contributed by atoms with Gasteiger partial charge in [0.2, 0.25) is 0 Å². The Labute approximate surface area is 181 Å². The number of carbonyl (C=O) groups is 1. The number of hydrogen-bond acceptors (Lipinski definition) is 4. The normalized spacial score (nSPS) is 15.5. The highest BCUT2D eigenvalue weighted by atomic mass is 19.1. The fourth-order valence-electron chi connectivity index (χ4n) is 3.86. The molecular formula is C24H27FN4O2. The van der Waals surface area contributed by atoms with Crippen LogP contribution >= 0.6 is 0 Å². The second kappa shape index (κ2) is 7.48. The van der Waals surface area contributed by atoms with E-state index in [0.29, 0.717) is 13.1 Å². The van der Waals surface area contributed by atoms with E-state index < -0.39 is 11.1 Å². The summed E-state index contributed by atoms with van der Waals surface area (Å²) in [7, 11) is 0. The van der Waals surface area contributed by atoms with Gasteiger partial charge in [-0.25, -0.2) is 9.18 Å². The van der Waals surface area contributed by atoms with Crippen LogP contribution in [-0.4, -0.2) is 36.9 Å². The number of rotatable bonds is 2. The molecule has 0 fully saturated rings. The van der Waals surface area contributed by atoms with Crippen molar-refractivity contribution in [1.82, 2.24) is 19.7 Å². The number of amides is 1. The zero-order valence-electron chi connectivity index (χ0n) is 18.5. The smallest absolute Gasteiger partial charge is 0.411 e. The molecule has 0 aliphatic carbocycles. The maximum absolute atomic E-state index is 13.5. The van der Waals surface area contributed by atoms with Gasteiger partial charge in [-0.05, 0) is 76.6 Å². The quantitative estimate of drug-likeness (QED) is 0.564. The number of fused-ring (bicyclic) bond motifs is 1. The summed E-state index contributed by atoms with van der Waals surface area (Å²) in [5, 5.41) is 4.89. The maximum Gasteiger partial charge on any atom is 0.411 e. The van der Waals surface area contributed by atoms with Crippen LogP contribution in [-0.2, 0) is 17.8 Å². The summed E-state index contributed by atoms with van der Waals surface area (Å²) < 4.78 is 21.2. The van der Waals surface area contributed by atoms with Gasteiger partial charge in [-0.2, -0.15) is 5.10 Å². The fraction of sp³-hybridized carbons (Fsp3) is 0.375. The molecule has 1 amide bonds. The molecule has 0 radical (unpaired) electrons. The van der Waals surface area contributed by atoms with E-state index in [0.717, 1.165) is 28.1 Å². The van der Waals surface area contributed by atoms with Gasteiger partial charge in [0.25, 0.3) is 0 Å². The Morgan fingerprint density at radius 3 is 2.32 bits per heavy atom. The van der Waals surface area contributed by atoms with E-state index in [1.807, 2.05) is 51.4 Å². The third-order valence-corrected chi connectivity index (χ3v) is 5.33. The lowest BCUT2D eigenvalue weighted by Crippen LogP contribution is -2.54. The third kappa shape index (κ3) is 4.17. The van der Waals surface area contributed by atoms with Crippen molar-refractivity contribution in [1.29, 1.82) is 0 Å². The average molecular weight is 423 g/mol. The standard InChI is InChI=1S/C24H27FN4O2/c1-23(2,3)31-22(30)28-14-19-20(16-10-12-26-13-11-16)21(17-6-8-18(25)9-7-17)27-29(19)15-24(28,4)5/h6-13H,14-15H2,1-5H3. The van der Waals surface area contributed by atoms with E-state index in [-0.39, 0.29) is 11.9 Å². The van der Waals surface area contributed by atoms with Gasteiger partial charge in [-0.3, -0.25) is 14.6 Å². The Bertz CT molecular complexity index is 1100. The Kier molecular flexibility index (Phi) is 5.07. The van der Waals surface area contributed by atoms with E-state index >= 15 is 0 Å². The molecular weight excluding hydrogens is 395 g/mol. The Morgan fingerprint density at radius 1 is 1.06 bits per heavy atom. The van der Waals surface area contributed by atoms with E-state index in [1.54, 1.807) is 29.4 Å². The Hall–Kier alpha value is -3.22. The highest BCUT2D eigenvalue weighted by Gasteiger charge is 2.41. The topological polar surface area (TPSA) is 60.2 Å². The summed E-state index contributed by atoms with van der Waals surface area (Å²) in [5.41, 5.74) is 3.27. The van der Waals surface area contributed by atoms with Crippen molar-refractivity contribution in [2.45, 2.75) is 58.8 Å². The number of pyridine rings is 1. The highest BCUT2D eigenvalue weighted by Crippen LogP contribution is 2.39. The van der Waals surface area contributed by atoms with Crippen molar-refractivity contribution >= 4 is 6.09 Å². The molecule has 0 saturated heterocycles. The molecule has 162 valence electrons. The molecule has 1 aliphatic rings.